The molecule has 1 heterocycles. The molecule has 0 bridgehead atoms. The number of aliphatic hydroxyl groups excluding tert-OH is 1. The second-order valence-corrected chi connectivity index (χ2v) is 7.68. The number of hydrogen-bond acceptors (Lipinski definition) is 3. The molecule has 0 fully saturated rings. The average molecular weight is 343 g/mol. The summed E-state index contributed by atoms with van der Waals surface area (Å²) in [7, 11) is -1.19. The second-order valence-electron chi connectivity index (χ2n) is 6.26. The summed E-state index contributed by atoms with van der Waals surface area (Å²) >= 11 is 0. The van der Waals surface area contributed by atoms with Gasteiger partial charge in [-0.2, -0.15) is 0 Å². The van der Waals surface area contributed by atoms with Gasteiger partial charge < -0.3 is 10.0 Å². The van der Waals surface area contributed by atoms with E-state index in [9.17, 15) is 9.32 Å². The lowest BCUT2D eigenvalue weighted by atomic mass is 10.1. The smallest absolute Gasteiger partial charge is 0.0892 e. The minimum Gasteiger partial charge on any atom is -0.392 e. The van der Waals surface area contributed by atoms with Crippen LogP contribution in [0.4, 0.5) is 11.4 Å². The van der Waals surface area contributed by atoms with Crippen molar-refractivity contribution < 1.29 is 9.32 Å². The van der Waals surface area contributed by atoms with E-state index in [0.717, 1.165) is 39.7 Å². The Morgan fingerprint density at radius 3 is 2.50 bits per heavy atom. The third kappa shape index (κ3) is 3.40. The third-order valence-corrected chi connectivity index (χ3v) is 6.01. The minimum atomic E-state index is -1.19. The van der Waals surface area contributed by atoms with Gasteiger partial charge in [0.05, 0.1) is 38.6 Å². The molecule has 3 rings (SSSR count). The van der Waals surface area contributed by atoms with E-state index < -0.39 is 10.8 Å². The Morgan fingerprint density at radius 1 is 0.958 bits per heavy atom. The summed E-state index contributed by atoms with van der Waals surface area (Å²) in [5.41, 5.74) is 2.87. The summed E-state index contributed by atoms with van der Waals surface area (Å²) in [5.74, 6) is 0. The fraction of sp³-hybridized carbons (Fsp3) is 0.400. The molecular weight excluding hydrogens is 318 g/mol. The molecule has 24 heavy (non-hydrogen) atoms. The van der Waals surface area contributed by atoms with Crippen molar-refractivity contribution in [3.05, 3.63) is 48.0 Å². The highest BCUT2D eigenvalue weighted by molar-refractivity contribution is 7.85. The molecule has 0 amide bonds. The van der Waals surface area contributed by atoms with E-state index >= 15 is 0 Å². The molecule has 1 atom stereocenters. The predicted molar refractivity (Wildman–Crippen MR) is 99.2 cm³/mol. The number of aliphatic hydroxyl groups is 1. The van der Waals surface area contributed by atoms with Gasteiger partial charge in [0.15, 0.2) is 0 Å². The van der Waals surface area contributed by atoms with Crippen LogP contribution >= 0.6 is 0 Å². The fourth-order valence-electron chi connectivity index (χ4n) is 3.23. The van der Waals surface area contributed by atoms with Crippen LogP contribution in [0.15, 0.2) is 52.3 Å². The van der Waals surface area contributed by atoms with E-state index in [2.05, 4.69) is 17.9 Å². The van der Waals surface area contributed by atoms with Crippen molar-refractivity contribution in [3.8, 4) is 0 Å². The number of fused-ring (bicyclic) bond motifs is 2. The molecule has 2 aromatic carbocycles. The van der Waals surface area contributed by atoms with Crippen molar-refractivity contribution in [2.24, 2.45) is 0 Å². The molecule has 1 aliphatic heterocycles. The lowest BCUT2D eigenvalue weighted by molar-refractivity contribution is 0.281. The first-order chi connectivity index (χ1) is 11.8. The van der Waals surface area contributed by atoms with Crippen LogP contribution in [0, 0.1) is 0 Å². The van der Waals surface area contributed by atoms with Crippen LogP contribution < -0.4 is 4.90 Å². The van der Waals surface area contributed by atoms with E-state index in [1.54, 1.807) is 0 Å². The van der Waals surface area contributed by atoms with Gasteiger partial charge in [0.1, 0.15) is 0 Å². The average Bonchev–Trinajstić information content (AvgIpc) is 2.63. The molecule has 4 heteroatoms. The first-order valence-electron chi connectivity index (χ1n) is 8.78. The summed E-state index contributed by atoms with van der Waals surface area (Å²) in [4.78, 5) is 3.97. The SMILES string of the molecule is CCCCCCCN1c2ccccc2S(=O)c2cc(CO)ccc21. The summed E-state index contributed by atoms with van der Waals surface area (Å²) < 4.78 is 12.9. The van der Waals surface area contributed by atoms with Gasteiger partial charge in [-0.05, 0) is 36.2 Å². The van der Waals surface area contributed by atoms with Crippen molar-refractivity contribution in [2.45, 2.75) is 55.4 Å². The van der Waals surface area contributed by atoms with Crippen LogP contribution in [-0.2, 0) is 17.4 Å². The van der Waals surface area contributed by atoms with Crippen molar-refractivity contribution in [1.82, 2.24) is 0 Å². The molecule has 0 saturated carbocycles. The van der Waals surface area contributed by atoms with Crippen LogP contribution in [-0.4, -0.2) is 15.9 Å². The van der Waals surface area contributed by atoms with Gasteiger partial charge in [-0.1, -0.05) is 50.8 Å². The van der Waals surface area contributed by atoms with Gasteiger partial charge >= 0.3 is 0 Å². The maximum Gasteiger partial charge on any atom is 0.0892 e. The molecule has 1 unspecified atom stereocenters. The Balaban J connectivity index is 1.90. The number of anilines is 2. The molecule has 3 nitrogen and oxygen atoms in total. The fourth-order valence-corrected chi connectivity index (χ4v) is 4.66. The Bertz CT molecular complexity index is 729. The number of rotatable bonds is 7. The number of hydrogen-bond donors (Lipinski definition) is 1. The van der Waals surface area contributed by atoms with Crippen molar-refractivity contribution in [2.75, 3.05) is 11.4 Å². The van der Waals surface area contributed by atoms with Gasteiger partial charge in [0, 0.05) is 6.54 Å². The highest BCUT2D eigenvalue weighted by Crippen LogP contribution is 2.42. The number of para-hydroxylation sites is 1. The monoisotopic (exact) mass is 343 g/mol. The van der Waals surface area contributed by atoms with E-state index in [1.165, 1.54) is 25.7 Å². The minimum absolute atomic E-state index is 0.0247. The van der Waals surface area contributed by atoms with E-state index in [1.807, 2.05) is 36.4 Å². The van der Waals surface area contributed by atoms with Gasteiger partial charge in [0.2, 0.25) is 0 Å². The standard InChI is InChI=1S/C20H25NO2S/c1-2-3-4-5-8-13-21-17-9-6-7-10-19(17)24(23)20-14-16(15-22)11-12-18(20)21/h6-7,9-12,14,22H,2-5,8,13,15H2,1H3. The Hall–Kier alpha value is -1.65. The first kappa shape index (κ1) is 17.2. The maximum absolute atomic E-state index is 12.9. The first-order valence-corrected chi connectivity index (χ1v) is 9.93. The van der Waals surface area contributed by atoms with Crippen molar-refractivity contribution in [3.63, 3.8) is 0 Å². The quantitative estimate of drug-likeness (QED) is 0.736. The molecular formula is C20H25NO2S. The normalized spacial score (nSPS) is 15.9. The van der Waals surface area contributed by atoms with E-state index in [4.69, 9.17) is 0 Å². The molecule has 2 aromatic rings. The van der Waals surface area contributed by atoms with Gasteiger partial charge in [-0.25, -0.2) is 4.21 Å². The Kier molecular flexibility index (Phi) is 5.69. The number of benzene rings is 2. The zero-order chi connectivity index (χ0) is 16.9. The number of nitrogens with zero attached hydrogens (tertiary/aromatic N) is 1. The van der Waals surface area contributed by atoms with Crippen molar-refractivity contribution >= 4 is 22.2 Å². The second kappa shape index (κ2) is 7.95. The van der Waals surface area contributed by atoms with Gasteiger partial charge in [-0.3, -0.25) is 0 Å². The number of unbranched alkanes of at least 4 members (excludes halogenated alkanes) is 4. The highest BCUT2D eigenvalue weighted by atomic mass is 32.2. The summed E-state index contributed by atoms with van der Waals surface area (Å²) in [6.45, 7) is 3.14. The zero-order valence-corrected chi connectivity index (χ0v) is 15.0. The summed E-state index contributed by atoms with van der Waals surface area (Å²) in [6, 6.07) is 13.8. The lowest BCUT2D eigenvalue weighted by Crippen LogP contribution is -2.25. The van der Waals surface area contributed by atoms with Crippen LogP contribution in [0.3, 0.4) is 0 Å². The van der Waals surface area contributed by atoms with Crippen LogP contribution in [0.5, 0.6) is 0 Å². The summed E-state index contributed by atoms with van der Waals surface area (Å²) in [5, 5.41) is 9.40. The van der Waals surface area contributed by atoms with Crippen LogP contribution in [0.2, 0.25) is 0 Å². The molecule has 128 valence electrons. The van der Waals surface area contributed by atoms with E-state index in [-0.39, 0.29) is 6.61 Å². The Labute approximate surface area is 146 Å². The molecule has 0 spiro atoms. The topological polar surface area (TPSA) is 40.5 Å². The maximum atomic E-state index is 12.9. The largest absolute Gasteiger partial charge is 0.392 e. The van der Waals surface area contributed by atoms with Crippen LogP contribution in [0.1, 0.15) is 44.6 Å². The summed E-state index contributed by atoms with van der Waals surface area (Å²) in [6.07, 6.45) is 6.16. The lowest BCUT2D eigenvalue weighted by Gasteiger charge is -2.33. The van der Waals surface area contributed by atoms with Crippen molar-refractivity contribution in [1.29, 1.82) is 0 Å². The Morgan fingerprint density at radius 2 is 1.71 bits per heavy atom. The zero-order valence-electron chi connectivity index (χ0n) is 14.2. The molecule has 0 aromatic heterocycles. The van der Waals surface area contributed by atoms with Gasteiger partial charge in [-0.15, -0.1) is 0 Å². The van der Waals surface area contributed by atoms with E-state index in [0.29, 0.717) is 0 Å². The molecule has 0 aliphatic carbocycles. The van der Waals surface area contributed by atoms with Crippen LogP contribution in [0.25, 0.3) is 0 Å². The molecule has 0 saturated heterocycles. The molecule has 1 N–H and O–H groups in total. The predicted octanol–water partition coefficient (Wildman–Crippen LogP) is 4.77. The van der Waals surface area contributed by atoms with Gasteiger partial charge in [0.25, 0.3) is 0 Å². The molecule has 0 radical (unpaired) electrons. The third-order valence-electron chi connectivity index (χ3n) is 4.54. The highest BCUT2D eigenvalue weighted by Gasteiger charge is 2.27. The molecule has 1 aliphatic rings.